The summed E-state index contributed by atoms with van der Waals surface area (Å²) < 4.78 is 19.4. The number of likely N-dealkylation sites (N-methyl/N-ethyl adjacent to an activating group) is 1. The van der Waals surface area contributed by atoms with Crippen molar-refractivity contribution in [2.24, 2.45) is 0 Å². The van der Waals surface area contributed by atoms with Gasteiger partial charge in [-0.2, -0.15) is 0 Å². The van der Waals surface area contributed by atoms with Gasteiger partial charge in [-0.15, -0.1) is 0 Å². The van der Waals surface area contributed by atoms with Crippen molar-refractivity contribution in [1.29, 1.82) is 0 Å². The average molecular weight is 365 g/mol. The van der Waals surface area contributed by atoms with Crippen LogP contribution in [-0.4, -0.2) is 36.3 Å². The van der Waals surface area contributed by atoms with Crippen molar-refractivity contribution in [3.63, 3.8) is 0 Å². The summed E-state index contributed by atoms with van der Waals surface area (Å²) in [5.41, 5.74) is 2.89. The van der Waals surface area contributed by atoms with Crippen LogP contribution in [0.2, 0.25) is 0 Å². The minimum Gasteiger partial charge on any atom is -0.491 e. The van der Waals surface area contributed by atoms with Crippen LogP contribution in [-0.2, 0) is 6.54 Å². The summed E-state index contributed by atoms with van der Waals surface area (Å²) in [6, 6.07) is 24.6. The molecular weight excluding hydrogens is 341 g/mol. The van der Waals surface area contributed by atoms with Gasteiger partial charge >= 0.3 is 0 Å². The van der Waals surface area contributed by atoms with Crippen LogP contribution in [0.4, 0.5) is 4.39 Å². The molecule has 0 spiro atoms. The Bertz CT molecular complexity index is 837. The number of nitrogens with zero attached hydrogens (tertiary/aromatic N) is 1. The minimum absolute atomic E-state index is 0.187. The zero-order valence-corrected chi connectivity index (χ0v) is 15.4. The third-order valence-corrected chi connectivity index (χ3v) is 4.32. The van der Waals surface area contributed by atoms with E-state index in [-0.39, 0.29) is 12.4 Å². The van der Waals surface area contributed by atoms with Crippen LogP contribution in [0.25, 0.3) is 11.1 Å². The first-order chi connectivity index (χ1) is 13.1. The topological polar surface area (TPSA) is 32.7 Å². The fourth-order valence-corrected chi connectivity index (χ4v) is 2.96. The van der Waals surface area contributed by atoms with Gasteiger partial charge in [-0.05, 0) is 36.4 Å². The standard InChI is InChI=1S/C23H24FNO2/c1-25(15-20-9-5-6-10-23(20)24)16-21(26)17-27-22-13-11-19(12-14-22)18-7-3-2-4-8-18/h2-14,21,26H,15-17H2,1H3. The highest BCUT2D eigenvalue weighted by Crippen LogP contribution is 2.22. The highest BCUT2D eigenvalue weighted by Gasteiger charge is 2.11. The van der Waals surface area contributed by atoms with E-state index in [1.165, 1.54) is 6.07 Å². The van der Waals surface area contributed by atoms with Gasteiger partial charge in [0.2, 0.25) is 0 Å². The van der Waals surface area contributed by atoms with Gasteiger partial charge < -0.3 is 9.84 Å². The van der Waals surface area contributed by atoms with Gasteiger partial charge in [0, 0.05) is 18.7 Å². The van der Waals surface area contributed by atoms with Crippen molar-refractivity contribution in [1.82, 2.24) is 4.90 Å². The molecule has 0 saturated carbocycles. The minimum atomic E-state index is -0.657. The highest BCUT2D eigenvalue weighted by atomic mass is 19.1. The predicted octanol–water partition coefficient (Wildman–Crippen LogP) is 4.36. The van der Waals surface area contributed by atoms with Gasteiger partial charge in [-0.3, -0.25) is 4.90 Å². The molecule has 0 bridgehead atoms. The van der Waals surface area contributed by atoms with Crippen LogP contribution in [0.3, 0.4) is 0 Å². The van der Waals surface area contributed by atoms with E-state index in [9.17, 15) is 9.50 Å². The summed E-state index contributed by atoms with van der Waals surface area (Å²) in [5.74, 6) is 0.485. The second kappa shape index (κ2) is 9.31. The molecule has 0 aliphatic carbocycles. The molecule has 1 N–H and O–H groups in total. The van der Waals surface area contributed by atoms with E-state index in [1.54, 1.807) is 12.1 Å². The Labute approximate surface area is 159 Å². The monoisotopic (exact) mass is 365 g/mol. The molecule has 140 valence electrons. The molecular formula is C23H24FNO2. The number of rotatable bonds is 8. The normalized spacial score (nSPS) is 12.1. The van der Waals surface area contributed by atoms with Gasteiger partial charge in [0.25, 0.3) is 0 Å². The van der Waals surface area contributed by atoms with Crippen LogP contribution in [0.1, 0.15) is 5.56 Å². The first kappa shape index (κ1) is 19.1. The molecule has 0 amide bonds. The fourth-order valence-electron chi connectivity index (χ4n) is 2.96. The van der Waals surface area contributed by atoms with Crippen molar-refractivity contribution in [3.05, 3.63) is 90.2 Å². The highest BCUT2D eigenvalue weighted by molar-refractivity contribution is 5.63. The molecule has 1 unspecified atom stereocenters. The first-order valence-electron chi connectivity index (χ1n) is 9.00. The van der Waals surface area contributed by atoms with E-state index in [2.05, 4.69) is 12.1 Å². The van der Waals surface area contributed by atoms with Crippen molar-refractivity contribution in [2.45, 2.75) is 12.6 Å². The van der Waals surface area contributed by atoms with E-state index in [0.29, 0.717) is 24.4 Å². The van der Waals surface area contributed by atoms with E-state index in [4.69, 9.17) is 4.74 Å². The molecule has 0 fully saturated rings. The molecule has 3 aromatic carbocycles. The molecule has 0 aliphatic heterocycles. The van der Waals surface area contributed by atoms with Crippen LogP contribution in [0.15, 0.2) is 78.9 Å². The Morgan fingerprint density at radius 2 is 1.52 bits per heavy atom. The van der Waals surface area contributed by atoms with Gasteiger partial charge in [-0.25, -0.2) is 4.39 Å². The van der Waals surface area contributed by atoms with Crippen molar-refractivity contribution in [2.75, 3.05) is 20.2 Å². The molecule has 3 nitrogen and oxygen atoms in total. The smallest absolute Gasteiger partial charge is 0.127 e. The largest absolute Gasteiger partial charge is 0.491 e. The SMILES string of the molecule is CN(Cc1ccccc1F)CC(O)COc1ccc(-c2ccccc2)cc1. The van der Waals surface area contributed by atoms with Gasteiger partial charge in [0.05, 0.1) is 0 Å². The average Bonchev–Trinajstić information content (AvgIpc) is 2.69. The molecule has 4 heteroatoms. The van der Waals surface area contributed by atoms with E-state index in [1.807, 2.05) is 60.5 Å². The Morgan fingerprint density at radius 3 is 2.22 bits per heavy atom. The molecule has 0 radical (unpaired) electrons. The second-order valence-electron chi connectivity index (χ2n) is 6.64. The fraction of sp³-hybridized carbons (Fsp3) is 0.217. The molecule has 3 rings (SSSR count). The number of hydrogen-bond acceptors (Lipinski definition) is 3. The Kier molecular flexibility index (Phi) is 6.58. The van der Waals surface area contributed by atoms with E-state index >= 15 is 0 Å². The summed E-state index contributed by atoms with van der Waals surface area (Å²) in [7, 11) is 1.85. The number of ether oxygens (including phenoxy) is 1. The predicted molar refractivity (Wildman–Crippen MR) is 106 cm³/mol. The van der Waals surface area contributed by atoms with Crippen LogP contribution < -0.4 is 4.74 Å². The van der Waals surface area contributed by atoms with Gasteiger partial charge in [-0.1, -0.05) is 60.7 Å². The lowest BCUT2D eigenvalue weighted by atomic mass is 10.1. The van der Waals surface area contributed by atoms with Gasteiger partial charge in [0.15, 0.2) is 0 Å². The number of aliphatic hydroxyl groups excluding tert-OH is 1. The van der Waals surface area contributed by atoms with Crippen molar-refractivity contribution < 1.29 is 14.2 Å². The number of halogens is 1. The quantitative estimate of drug-likeness (QED) is 0.644. The van der Waals surface area contributed by atoms with Crippen molar-refractivity contribution >= 4 is 0 Å². The Hall–Kier alpha value is -2.69. The molecule has 0 saturated heterocycles. The number of hydrogen-bond donors (Lipinski definition) is 1. The Balaban J connectivity index is 1.47. The molecule has 1 atom stereocenters. The number of aliphatic hydroxyl groups is 1. The lowest BCUT2D eigenvalue weighted by Gasteiger charge is -2.21. The summed E-state index contributed by atoms with van der Waals surface area (Å²) in [6.45, 7) is 1.03. The third-order valence-electron chi connectivity index (χ3n) is 4.32. The van der Waals surface area contributed by atoms with Crippen molar-refractivity contribution in [3.8, 4) is 16.9 Å². The third kappa shape index (κ3) is 5.64. The maximum absolute atomic E-state index is 13.7. The first-order valence-corrected chi connectivity index (χ1v) is 9.00. The summed E-state index contributed by atoms with van der Waals surface area (Å²) >= 11 is 0. The molecule has 0 aliphatic rings. The molecule has 0 aromatic heterocycles. The lowest BCUT2D eigenvalue weighted by molar-refractivity contribution is 0.0741. The van der Waals surface area contributed by atoms with Crippen LogP contribution >= 0.6 is 0 Å². The molecule has 3 aromatic rings. The van der Waals surface area contributed by atoms with Crippen LogP contribution in [0, 0.1) is 5.82 Å². The maximum atomic E-state index is 13.7. The zero-order chi connectivity index (χ0) is 19.1. The molecule has 0 heterocycles. The maximum Gasteiger partial charge on any atom is 0.127 e. The van der Waals surface area contributed by atoms with Gasteiger partial charge in [0.1, 0.15) is 24.3 Å². The Morgan fingerprint density at radius 1 is 0.889 bits per heavy atom. The molecule has 27 heavy (non-hydrogen) atoms. The second-order valence-corrected chi connectivity index (χ2v) is 6.64. The van der Waals surface area contributed by atoms with E-state index in [0.717, 1.165) is 11.1 Å². The number of benzene rings is 3. The zero-order valence-electron chi connectivity index (χ0n) is 15.4. The van der Waals surface area contributed by atoms with Crippen LogP contribution in [0.5, 0.6) is 5.75 Å². The summed E-state index contributed by atoms with van der Waals surface area (Å²) in [6.07, 6.45) is -0.657. The summed E-state index contributed by atoms with van der Waals surface area (Å²) in [4.78, 5) is 1.88. The lowest BCUT2D eigenvalue weighted by Crippen LogP contribution is -2.33. The van der Waals surface area contributed by atoms with E-state index < -0.39 is 6.10 Å². The summed E-state index contributed by atoms with van der Waals surface area (Å²) in [5, 5.41) is 10.2.